The number of carbonyl (C=O) groups excluding carboxylic acids is 14. The maximum absolute atomic E-state index is 15.4. The van der Waals surface area contributed by atoms with Crippen molar-refractivity contribution in [3.8, 4) is 34.3 Å². The normalized spacial score (nSPS) is 18.2. The summed E-state index contributed by atoms with van der Waals surface area (Å²) in [6, 6.07) is 22.3. The number of amides is 12. The number of likely N-dealkylation sites (tertiary alicyclic amines) is 2. The van der Waals surface area contributed by atoms with Gasteiger partial charge in [-0.1, -0.05) is 38.1 Å². The van der Waals surface area contributed by atoms with Crippen molar-refractivity contribution < 1.29 is 114 Å². The molecule has 0 aliphatic carbocycles. The van der Waals surface area contributed by atoms with E-state index in [-0.39, 0.29) is 124 Å². The van der Waals surface area contributed by atoms with Crippen molar-refractivity contribution in [2.24, 2.45) is 0 Å². The van der Waals surface area contributed by atoms with Crippen LogP contribution in [-0.2, 0) is 140 Å². The van der Waals surface area contributed by atoms with Gasteiger partial charge in [0.15, 0.2) is 34.3 Å². The number of imide groups is 2. The SMILES string of the molecule is CC[C@@]1(O)C(=O)OCc2c1cc1n(c2=O)Cc2c-1nc1cc(F)c(OC)cc1c2CN1CCC([N+](C)(C)Cc2ccc(NC(=O)[C@H](C)NC(=O)CCCNC(=O)CN(C(=O)CN3C(=O)C=CC3=O)N(CC(=O)NCCCC(=O)N[C@@H](C)C(=O)Nc3ccc(C[N+](C)(C)C4CCN(Cc5c6c(nc7cc(F)c(OC)cc57)-c5cc7c(c(=O)n5C6)COC(=O)[C@]7(O)CC)CC4)cc3)C(=O)CN3C(=O)C=CC3=O)cc2)CC1. The molecule has 12 amide bonds. The van der Waals surface area contributed by atoms with Crippen LogP contribution in [0, 0.1) is 11.6 Å². The number of nitrogens with one attached hydrogen (secondary N) is 6. The van der Waals surface area contributed by atoms with Crippen molar-refractivity contribution in [3.05, 3.63) is 197 Å². The number of hydrogen-bond acceptors (Lipinski definition) is 26. The van der Waals surface area contributed by atoms with E-state index in [4.69, 9.17) is 28.9 Å². The summed E-state index contributed by atoms with van der Waals surface area (Å²) in [7, 11) is 11.4. The van der Waals surface area contributed by atoms with Crippen LogP contribution < -0.4 is 52.5 Å². The number of pyridine rings is 4. The van der Waals surface area contributed by atoms with Gasteiger partial charge in [-0.3, -0.25) is 86.7 Å². The van der Waals surface area contributed by atoms with Gasteiger partial charge in [0.2, 0.25) is 35.4 Å². The lowest BCUT2D eigenvalue weighted by molar-refractivity contribution is -0.929. The summed E-state index contributed by atoms with van der Waals surface area (Å²) < 4.78 is 56.7. The molecule has 144 heavy (non-hydrogen) atoms. The quantitative estimate of drug-likeness (QED) is 0.00902. The number of aromatic nitrogens is 4. The first-order valence-corrected chi connectivity index (χ1v) is 48.0. The van der Waals surface area contributed by atoms with Crippen LogP contribution >= 0.6 is 0 Å². The summed E-state index contributed by atoms with van der Waals surface area (Å²) in [6.07, 6.45) is 6.25. The monoisotopic (exact) mass is 1980 g/mol. The molecule has 8 N–H and O–H groups in total. The highest BCUT2D eigenvalue weighted by atomic mass is 19.1. The summed E-state index contributed by atoms with van der Waals surface area (Å²) >= 11 is 0. The molecule has 8 aromatic rings. The van der Waals surface area contributed by atoms with Crippen LogP contribution in [0.4, 0.5) is 20.2 Å². The van der Waals surface area contributed by atoms with Crippen molar-refractivity contribution in [1.82, 2.24) is 70.0 Å². The molecule has 0 radical (unpaired) electrons. The van der Waals surface area contributed by atoms with Gasteiger partial charge < -0.3 is 79.2 Å². The van der Waals surface area contributed by atoms with E-state index in [1.54, 1.807) is 71.5 Å². The number of hydrogen-bond donors (Lipinski definition) is 8. The van der Waals surface area contributed by atoms with Crippen molar-refractivity contribution in [3.63, 3.8) is 0 Å². The number of cyclic esters (lactones) is 2. The highest BCUT2D eigenvalue weighted by Crippen LogP contribution is 2.46. The fourth-order valence-corrected chi connectivity index (χ4v) is 20.4. The number of rotatable bonds is 36. The Morgan fingerprint density at radius 1 is 0.507 bits per heavy atom. The van der Waals surface area contributed by atoms with Gasteiger partial charge in [-0.05, 0) is 99.2 Å². The second-order valence-corrected chi connectivity index (χ2v) is 38.9. The number of aliphatic hydroxyl groups is 2. The summed E-state index contributed by atoms with van der Waals surface area (Å²) in [4.78, 5) is 231. The number of anilines is 2. The zero-order chi connectivity index (χ0) is 103. The Kier molecular flexibility index (Phi) is 29.6. The van der Waals surface area contributed by atoms with Crippen LogP contribution in [-0.4, -0.2) is 283 Å². The number of quaternary nitrogens is 2. The number of benzene rings is 4. The van der Waals surface area contributed by atoms with Crippen LogP contribution in [0.2, 0.25) is 0 Å². The molecule has 12 heterocycles. The Morgan fingerprint density at radius 3 is 1.20 bits per heavy atom. The summed E-state index contributed by atoms with van der Waals surface area (Å²) in [5.41, 5.74) is 4.48. The zero-order valence-electron chi connectivity index (χ0n) is 81.7. The van der Waals surface area contributed by atoms with Crippen LogP contribution in [0.1, 0.15) is 148 Å². The molecule has 8 aliphatic rings. The Hall–Kier alpha value is -14.7. The number of piperidine rings is 2. The maximum atomic E-state index is 15.4. The van der Waals surface area contributed by atoms with Gasteiger partial charge in [-0.2, -0.15) is 0 Å². The lowest BCUT2D eigenvalue weighted by Crippen LogP contribution is -2.60. The predicted molar refractivity (Wildman–Crippen MR) is 515 cm³/mol. The average Bonchev–Trinajstić information content (AvgIpc) is 1.55. The Labute approximate surface area is 825 Å². The highest BCUT2D eigenvalue weighted by molar-refractivity contribution is 6.16. The first-order chi connectivity index (χ1) is 68.6. The number of nitrogens with zero attached hydrogens (tertiary/aromatic N) is 12. The fourth-order valence-electron chi connectivity index (χ4n) is 20.4. The first kappa shape index (κ1) is 102. The maximum Gasteiger partial charge on any atom is 0.343 e. The van der Waals surface area contributed by atoms with Crippen molar-refractivity contribution >= 4 is 116 Å². The lowest BCUT2D eigenvalue weighted by atomic mass is 9.86. The third-order valence-corrected chi connectivity index (χ3v) is 28.8. The van der Waals surface area contributed by atoms with Gasteiger partial charge in [0.05, 0.1) is 113 Å². The molecule has 4 atom stereocenters. The number of fused-ring (bicyclic) bond motifs is 10. The molecule has 0 bridgehead atoms. The van der Waals surface area contributed by atoms with E-state index in [1.165, 1.54) is 40.2 Å². The van der Waals surface area contributed by atoms with Gasteiger partial charge in [-0.25, -0.2) is 38.4 Å². The first-order valence-electron chi connectivity index (χ1n) is 48.0. The second-order valence-electron chi connectivity index (χ2n) is 38.9. The number of hydrazine groups is 1. The minimum atomic E-state index is -2.03. The third-order valence-electron chi connectivity index (χ3n) is 28.8. The molecule has 0 spiro atoms. The molecule has 0 saturated carbocycles. The molecule has 8 aliphatic heterocycles. The molecule has 0 unspecified atom stereocenters. The van der Waals surface area contributed by atoms with Gasteiger partial charge >= 0.3 is 11.9 Å². The summed E-state index contributed by atoms with van der Waals surface area (Å²) in [6.45, 7) is 6.32. The largest absolute Gasteiger partial charge is 0.494 e. The number of halogens is 2. The molecular weight excluding hydrogens is 1870 g/mol. The van der Waals surface area contributed by atoms with E-state index in [0.717, 1.165) is 83.4 Å². The average molecular weight is 1980 g/mol. The summed E-state index contributed by atoms with van der Waals surface area (Å²) in [5, 5.41) is 41.3. The second kappa shape index (κ2) is 41.7. The van der Waals surface area contributed by atoms with E-state index in [2.05, 4.69) is 69.9 Å². The van der Waals surface area contributed by atoms with Crippen molar-refractivity contribution in [1.29, 1.82) is 0 Å². The summed E-state index contributed by atoms with van der Waals surface area (Å²) in [5.74, 6) is -13.2. The van der Waals surface area contributed by atoms with E-state index < -0.39 is 155 Å². The van der Waals surface area contributed by atoms with E-state index >= 15 is 8.78 Å². The molecule has 4 aromatic carbocycles. The topological polar surface area (TPSA) is 478 Å². The number of methoxy groups -OCH3 is 2. The number of ether oxygens (including phenoxy) is 4. The smallest absolute Gasteiger partial charge is 0.343 e. The molecule has 2 saturated heterocycles. The minimum absolute atomic E-state index is 0.0246. The van der Waals surface area contributed by atoms with Gasteiger partial charge in [0, 0.05) is 183 Å². The van der Waals surface area contributed by atoms with Gasteiger partial charge in [0.25, 0.3) is 46.6 Å². The molecule has 42 heteroatoms. The van der Waals surface area contributed by atoms with Crippen molar-refractivity contribution in [2.45, 2.75) is 180 Å². The Bertz CT molecular complexity index is 6370. The number of esters is 2. The predicted octanol–water partition coefficient (Wildman–Crippen LogP) is 4.05. The van der Waals surface area contributed by atoms with Crippen LogP contribution in [0.15, 0.2) is 119 Å². The molecular formula is C102H116F2N18O22+2. The molecule has 758 valence electrons. The van der Waals surface area contributed by atoms with E-state index in [0.29, 0.717) is 137 Å². The molecule has 16 rings (SSSR count). The van der Waals surface area contributed by atoms with Gasteiger partial charge in [-0.15, -0.1) is 0 Å². The Balaban J connectivity index is 0.472. The molecule has 40 nitrogen and oxygen atoms in total. The highest BCUT2D eigenvalue weighted by Gasteiger charge is 2.49. The lowest BCUT2D eigenvalue weighted by Gasteiger charge is -2.43. The third kappa shape index (κ3) is 20.9. The molecule has 2 fully saturated rings. The van der Waals surface area contributed by atoms with Crippen molar-refractivity contribution in [2.75, 3.05) is 118 Å². The standard InChI is InChI=1S/C102H114F2N18O22/c1-11-101(139)73-41-79-93-69(47-115(79)97(135)71(73)55-143-99(101)137)67(65-39-81(141-9)75(103)43-77(65)111-93)45-113-35-29-63(30-36-113)121(5,6)53-59-17-21-61(22-18-59)109-95(133)57(3)107-83(123)15-13-33-105-85(125)49-119(91(131)51-117-87(127)25-26-88(117)128)120(92(132)52-118-89(129)27-28-90(118)130)50-86(126)106-34-14-16-84(124)108-58(4)96(134)110-62-23-19-60(20-24-62)54-122(7,8)64-31-37-114(38-32-64)46-68-66-40-82(142-10)76(104)44-78(66)112-94-70(68)48-116-80(94)42-74-72(98(116)136)56-144-100(138)102(74,140)12-2/h17-28,39-44,57-58,63-64,139-140H,11-16,29-38,45-56H2,1-10H3,(H4-2,105,106,107,108,109,110,123,124,125,126,133,134)/p+2/t57-,58-,101-,102-/m0/s1. The molecule has 4 aromatic heterocycles. The van der Waals surface area contributed by atoms with Gasteiger partial charge in [0.1, 0.15) is 64.6 Å². The van der Waals surface area contributed by atoms with E-state index in [9.17, 15) is 86.9 Å². The minimum Gasteiger partial charge on any atom is -0.494 e. The fraction of sp³-hybridized carbons (Fsp3) is 0.431. The Morgan fingerprint density at radius 2 is 0.861 bits per heavy atom. The van der Waals surface area contributed by atoms with E-state index in [1.807, 2.05) is 24.3 Å². The van der Waals surface area contributed by atoms with Crippen LogP contribution in [0.25, 0.3) is 44.6 Å². The van der Waals surface area contributed by atoms with Crippen LogP contribution in [0.5, 0.6) is 11.5 Å². The van der Waals surface area contributed by atoms with Crippen LogP contribution in [0.3, 0.4) is 0 Å². The zero-order valence-corrected chi connectivity index (χ0v) is 81.7. The number of carbonyl (C=O) groups is 14.